The molecule has 19 heavy (non-hydrogen) atoms. The number of methoxy groups -OCH3 is 1. The summed E-state index contributed by atoms with van der Waals surface area (Å²) in [6, 6.07) is 4.13. The molecule has 0 amide bonds. The van der Waals surface area contributed by atoms with E-state index in [4.69, 9.17) is 4.74 Å². The third kappa shape index (κ3) is 4.51. The predicted octanol–water partition coefficient (Wildman–Crippen LogP) is 2.77. The van der Waals surface area contributed by atoms with Crippen molar-refractivity contribution in [1.29, 1.82) is 0 Å². The zero-order valence-electron chi connectivity index (χ0n) is 12.4. The van der Waals surface area contributed by atoms with E-state index in [2.05, 4.69) is 6.07 Å². The number of ether oxygens (including phenoxy) is 1. The Bertz CT molecular complexity index is 401. The van der Waals surface area contributed by atoms with E-state index in [1.807, 2.05) is 26.8 Å². The van der Waals surface area contributed by atoms with E-state index in [1.165, 1.54) is 11.1 Å². The molecule has 0 aromatic heterocycles. The Kier molecular flexibility index (Phi) is 6.32. The second-order valence-electron chi connectivity index (χ2n) is 5.21. The van der Waals surface area contributed by atoms with Gasteiger partial charge in [-0.2, -0.15) is 0 Å². The Balaban J connectivity index is 2.65. The summed E-state index contributed by atoms with van der Waals surface area (Å²) in [5.41, 5.74) is 3.48. The van der Waals surface area contributed by atoms with Crippen molar-refractivity contribution in [3.63, 3.8) is 0 Å². The lowest BCUT2D eigenvalue weighted by Gasteiger charge is -2.18. The first-order valence-corrected chi connectivity index (χ1v) is 6.99. The molecule has 0 heterocycles. The van der Waals surface area contributed by atoms with E-state index in [9.17, 15) is 10.2 Å². The van der Waals surface area contributed by atoms with Crippen molar-refractivity contribution in [3.05, 3.63) is 28.8 Å². The molecule has 2 N–H and O–H groups in total. The van der Waals surface area contributed by atoms with Crippen LogP contribution in [-0.2, 0) is 6.42 Å². The fourth-order valence-corrected chi connectivity index (χ4v) is 2.32. The topological polar surface area (TPSA) is 49.7 Å². The quantitative estimate of drug-likeness (QED) is 0.798. The van der Waals surface area contributed by atoms with Crippen LogP contribution in [0.3, 0.4) is 0 Å². The van der Waals surface area contributed by atoms with E-state index >= 15 is 0 Å². The molecule has 1 aromatic rings. The summed E-state index contributed by atoms with van der Waals surface area (Å²) in [5.74, 6) is 0.896. The zero-order chi connectivity index (χ0) is 14.4. The van der Waals surface area contributed by atoms with Gasteiger partial charge in [0.2, 0.25) is 0 Å². The summed E-state index contributed by atoms with van der Waals surface area (Å²) >= 11 is 0. The van der Waals surface area contributed by atoms with Gasteiger partial charge in [0.25, 0.3) is 0 Å². The van der Waals surface area contributed by atoms with Crippen LogP contribution < -0.4 is 4.74 Å². The van der Waals surface area contributed by atoms with E-state index in [1.54, 1.807) is 7.11 Å². The third-order valence-corrected chi connectivity index (χ3v) is 3.59. The largest absolute Gasteiger partial charge is 0.496 e. The fraction of sp³-hybridized carbons (Fsp3) is 0.625. The monoisotopic (exact) mass is 266 g/mol. The lowest BCUT2D eigenvalue weighted by molar-refractivity contribution is 0.00979. The van der Waals surface area contributed by atoms with Crippen LogP contribution in [0, 0.1) is 13.8 Å². The molecule has 0 spiro atoms. The smallest absolute Gasteiger partial charge is 0.122 e. The highest BCUT2D eigenvalue weighted by molar-refractivity contribution is 5.41. The molecular weight excluding hydrogens is 240 g/mol. The Morgan fingerprint density at radius 2 is 1.68 bits per heavy atom. The highest BCUT2D eigenvalue weighted by Gasteiger charge is 2.15. The molecular formula is C16H26O3. The summed E-state index contributed by atoms with van der Waals surface area (Å²) in [4.78, 5) is 0. The van der Waals surface area contributed by atoms with Gasteiger partial charge in [0.1, 0.15) is 5.75 Å². The first-order valence-electron chi connectivity index (χ1n) is 6.99. The number of hydrogen-bond acceptors (Lipinski definition) is 3. The van der Waals surface area contributed by atoms with Crippen molar-refractivity contribution in [2.75, 3.05) is 7.11 Å². The minimum absolute atomic E-state index is 0.591. The molecule has 3 heteroatoms. The van der Waals surface area contributed by atoms with Gasteiger partial charge in [-0.1, -0.05) is 19.4 Å². The van der Waals surface area contributed by atoms with Gasteiger partial charge in [0.05, 0.1) is 19.3 Å². The van der Waals surface area contributed by atoms with Crippen LogP contribution in [0.25, 0.3) is 0 Å². The molecule has 0 bridgehead atoms. The van der Waals surface area contributed by atoms with Crippen LogP contribution in [0.1, 0.15) is 42.9 Å². The van der Waals surface area contributed by atoms with E-state index < -0.39 is 12.2 Å². The number of hydrogen-bond donors (Lipinski definition) is 2. The molecule has 2 unspecified atom stereocenters. The summed E-state index contributed by atoms with van der Waals surface area (Å²) in [5, 5.41) is 19.6. The molecule has 2 atom stereocenters. The Labute approximate surface area is 116 Å². The summed E-state index contributed by atoms with van der Waals surface area (Å²) < 4.78 is 5.29. The van der Waals surface area contributed by atoms with Crippen molar-refractivity contribution in [2.45, 2.75) is 58.7 Å². The zero-order valence-corrected chi connectivity index (χ0v) is 12.4. The van der Waals surface area contributed by atoms with Gasteiger partial charge in [-0.05, 0) is 55.9 Å². The SMILES string of the molecule is CCCC(O)C(O)CCc1cc(C)c(OC)cc1C. The third-order valence-electron chi connectivity index (χ3n) is 3.59. The molecule has 1 rings (SSSR count). The highest BCUT2D eigenvalue weighted by atomic mass is 16.5. The predicted molar refractivity (Wildman–Crippen MR) is 77.7 cm³/mol. The molecule has 0 saturated heterocycles. The number of aliphatic hydroxyl groups excluding tert-OH is 2. The lowest BCUT2D eigenvalue weighted by atomic mass is 9.96. The van der Waals surface area contributed by atoms with Gasteiger partial charge in [0.15, 0.2) is 0 Å². The summed E-state index contributed by atoms with van der Waals surface area (Å²) in [6.45, 7) is 6.07. The Morgan fingerprint density at radius 3 is 2.26 bits per heavy atom. The molecule has 0 radical (unpaired) electrons. The van der Waals surface area contributed by atoms with Crippen molar-refractivity contribution in [1.82, 2.24) is 0 Å². The molecule has 108 valence electrons. The average molecular weight is 266 g/mol. The number of benzene rings is 1. The van der Waals surface area contributed by atoms with Gasteiger partial charge < -0.3 is 14.9 Å². The number of rotatable bonds is 7. The van der Waals surface area contributed by atoms with Gasteiger partial charge in [-0.25, -0.2) is 0 Å². The van der Waals surface area contributed by atoms with Gasteiger partial charge in [-0.15, -0.1) is 0 Å². The minimum Gasteiger partial charge on any atom is -0.496 e. The first-order chi connectivity index (χ1) is 8.99. The van der Waals surface area contributed by atoms with Crippen molar-refractivity contribution in [2.24, 2.45) is 0 Å². The van der Waals surface area contributed by atoms with Gasteiger partial charge in [0, 0.05) is 0 Å². The minimum atomic E-state index is -0.637. The summed E-state index contributed by atoms with van der Waals surface area (Å²) in [7, 11) is 1.67. The molecule has 0 fully saturated rings. The Morgan fingerprint density at radius 1 is 1.05 bits per heavy atom. The van der Waals surface area contributed by atoms with E-state index in [0.29, 0.717) is 12.8 Å². The maximum Gasteiger partial charge on any atom is 0.122 e. The normalized spacial score (nSPS) is 14.2. The van der Waals surface area contributed by atoms with Crippen molar-refractivity contribution < 1.29 is 14.9 Å². The number of aryl methyl sites for hydroxylation is 3. The molecule has 3 nitrogen and oxygen atoms in total. The standard InChI is InChI=1S/C16H26O3/c1-5-6-14(17)15(18)8-7-13-9-12(3)16(19-4)10-11(13)2/h9-10,14-15,17-18H,5-8H2,1-4H3. The second-order valence-corrected chi connectivity index (χ2v) is 5.21. The Hall–Kier alpha value is -1.06. The molecule has 1 aromatic carbocycles. The molecule has 0 aliphatic heterocycles. The van der Waals surface area contributed by atoms with Crippen molar-refractivity contribution in [3.8, 4) is 5.75 Å². The van der Waals surface area contributed by atoms with Crippen LogP contribution in [0.2, 0.25) is 0 Å². The summed E-state index contributed by atoms with van der Waals surface area (Å²) in [6.07, 6.45) is 1.67. The molecule has 0 aliphatic rings. The van der Waals surface area contributed by atoms with Crippen LogP contribution in [0.4, 0.5) is 0 Å². The highest BCUT2D eigenvalue weighted by Crippen LogP contribution is 2.24. The van der Waals surface area contributed by atoms with Gasteiger partial charge in [-0.3, -0.25) is 0 Å². The van der Waals surface area contributed by atoms with E-state index in [0.717, 1.165) is 24.2 Å². The first kappa shape index (κ1) is 16.0. The van der Waals surface area contributed by atoms with Crippen molar-refractivity contribution >= 4 is 0 Å². The average Bonchev–Trinajstić information content (AvgIpc) is 2.39. The van der Waals surface area contributed by atoms with Crippen LogP contribution in [0.5, 0.6) is 5.75 Å². The van der Waals surface area contributed by atoms with Gasteiger partial charge >= 0.3 is 0 Å². The fourth-order valence-electron chi connectivity index (χ4n) is 2.32. The molecule has 0 aliphatic carbocycles. The van der Waals surface area contributed by atoms with Crippen LogP contribution >= 0.6 is 0 Å². The number of aliphatic hydroxyl groups is 2. The maximum atomic E-state index is 9.90. The maximum absolute atomic E-state index is 9.90. The molecule has 0 saturated carbocycles. The second kappa shape index (κ2) is 7.51. The lowest BCUT2D eigenvalue weighted by Crippen LogP contribution is -2.26. The van der Waals surface area contributed by atoms with E-state index in [-0.39, 0.29) is 0 Å². The van der Waals surface area contributed by atoms with Crippen LogP contribution in [0.15, 0.2) is 12.1 Å². The van der Waals surface area contributed by atoms with Crippen LogP contribution in [-0.4, -0.2) is 29.5 Å².